The molecule has 2 fully saturated rings. The molecule has 0 atom stereocenters. The third-order valence-electron chi connectivity index (χ3n) is 6.99. The molecule has 0 bridgehead atoms. The summed E-state index contributed by atoms with van der Waals surface area (Å²) in [5.74, 6) is 3.95. The second-order valence-electron chi connectivity index (χ2n) is 9.06. The Labute approximate surface area is 203 Å². The standard InChI is InChI=1S/C26H34O.2C2H6.CO/c1-19-3-7-21(8-4-19)23-11-15-25(16-12-23)27-26-17-13-24(14-18-26)22-9-5-20(2)6-10-22;3*1-2/h3-4,7-8,11-12,15-16,20,22,24,26H,5-6,9-10,13-14,17-18H2,1-2H3;2*1-2H3;. The number of ether oxygens (including phenoxy) is 1. The van der Waals surface area contributed by atoms with Crippen LogP contribution in [0.3, 0.4) is 0 Å². The van der Waals surface area contributed by atoms with Gasteiger partial charge in [0.15, 0.2) is 0 Å². The van der Waals surface area contributed by atoms with Crippen LogP contribution in [-0.2, 0) is 4.65 Å². The molecular weight excluding hydrogens is 404 g/mol. The summed E-state index contributed by atoms with van der Waals surface area (Å²) in [4.78, 5) is 0. The van der Waals surface area contributed by atoms with Gasteiger partial charge in [0.05, 0.1) is 6.10 Å². The van der Waals surface area contributed by atoms with E-state index in [-0.39, 0.29) is 0 Å². The molecule has 0 heterocycles. The summed E-state index contributed by atoms with van der Waals surface area (Å²) in [7, 11) is 0. The molecule has 0 saturated heterocycles. The maximum absolute atomic E-state index is 7.50. The summed E-state index contributed by atoms with van der Waals surface area (Å²) in [6, 6.07) is 17.4. The van der Waals surface area contributed by atoms with Crippen LogP contribution in [0.2, 0.25) is 0 Å². The molecule has 2 aliphatic rings. The molecule has 0 N–H and O–H groups in total. The minimum absolute atomic E-state index is 0.411. The zero-order valence-corrected chi connectivity index (χ0v) is 21.9. The number of benzene rings is 2. The van der Waals surface area contributed by atoms with Gasteiger partial charge in [-0.25, -0.2) is 0 Å². The molecule has 2 aromatic carbocycles. The first-order valence-corrected chi connectivity index (χ1v) is 13.2. The maximum atomic E-state index is 7.50. The van der Waals surface area contributed by atoms with Gasteiger partial charge in [0.1, 0.15) is 5.75 Å². The normalized spacial score (nSPS) is 23.9. The summed E-state index contributed by atoms with van der Waals surface area (Å²) in [6.45, 7) is 17.1. The number of aryl methyl sites for hydroxylation is 1. The minimum atomic E-state index is 0.411. The average molecular weight is 451 g/mol. The fourth-order valence-corrected chi connectivity index (χ4v) is 5.10. The second kappa shape index (κ2) is 16.6. The van der Waals surface area contributed by atoms with Crippen molar-refractivity contribution in [2.24, 2.45) is 17.8 Å². The Balaban J connectivity index is 0.000000841. The number of hydrogen-bond acceptors (Lipinski definition) is 1. The summed E-state index contributed by atoms with van der Waals surface area (Å²) >= 11 is 0. The van der Waals surface area contributed by atoms with Gasteiger partial charge < -0.3 is 4.74 Å². The van der Waals surface area contributed by atoms with Gasteiger partial charge in [0, 0.05) is 0 Å². The van der Waals surface area contributed by atoms with Crippen molar-refractivity contribution in [3.8, 4) is 16.9 Å². The molecule has 4 rings (SSSR count). The summed E-state index contributed by atoms with van der Waals surface area (Å²) in [6.07, 6.45) is 11.5. The van der Waals surface area contributed by atoms with Crippen molar-refractivity contribution in [2.75, 3.05) is 0 Å². The van der Waals surface area contributed by atoms with Gasteiger partial charge in [0.2, 0.25) is 0 Å². The van der Waals surface area contributed by atoms with Crippen molar-refractivity contribution in [3.05, 3.63) is 60.7 Å². The first kappa shape index (κ1) is 29.0. The summed E-state index contributed by atoms with van der Waals surface area (Å²) < 4.78 is 13.8. The van der Waals surface area contributed by atoms with Gasteiger partial charge in [-0.05, 0) is 86.5 Å². The number of rotatable bonds is 4. The monoisotopic (exact) mass is 450 g/mol. The Morgan fingerprint density at radius 3 is 1.48 bits per heavy atom. The summed E-state index contributed by atoms with van der Waals surface area (Å²) in [5.41, 5.74) is 3.84. The van der Waals surface area contributed by atoms with Crippen LogP contribution in [0.1, 0.15) is 91.5 Å². The Morgan fingerprint density at radius 2 is 1.03 bits per heavy atom. The van der Waals surface area contributed by atoms with E-state index in [0.717, 1.165) is 23.5 Å². The SMILES string of the molecule is CC.CC.Cc1ccc(-c2ccc(OC3CCC(C4CCC(C)CC4)CC3)cc2)cc1.[C-]#[O+]. The molecule has 33 heavy (non-hydrogen) atoms. The predicted molar refractivity (Wildman–Crippen MR) is 141 cm³/mol. The molecule has 0 aliphatic heterocycles. The second-order valence-corrected chi connectivity index (χ2v) is 9.06. The zero-order chi connectivity index (χ0) is 24.6. The molecule has 2 heteroatoms. The molecule has 2 saturated carbocycles. The first-order chi connectivity index (χ1) is 16.2. The van der Waals surface area contributed by atoms with E-state index in [9.17, 15) is 0 Å². The molecular formula is C31H46O2. The quantitative estimate of drug-likeness (QED) is 0.337. The fourth-order valence-electron chi connectivity index (χ4n) is 5.10. The molecule has 0 spiro atoms. The molecule has 182 valence electrons. The van der Waals surface area contributed by atoms with Crippen molar-refractivity contribution in [2.45, 2.75) is 99.0 Å². The van der Waals surface area contributed by atoms with Crippen LogP contribution in [0.4, 0.5) is 0 Å². The molecule has 2 aromatic rings. The van der Waals surface area contributed by atoms with E-state index in [1.54, 1.807) is 0 Å². The molecule has 0 amide bonds. The zero-order valence-electron chi connectivity index (χ0n) is 21.9. The third-order valence-corrected chi connectivity index (χ3v) is 6.99. The fraction of sp³-hybridized carbons (Fsp3) is 0.581. The van der Waals surface area contributed by atoms with Crippen LogP contribution >= 0.6 is 0 Å². The van der Waals surface area contributed by atoms with E-state index in [1.807, 2.05) is 27.7 Å². The van der Waals surface area contributed by atoms with Crippen molar-refractivity contribution in [3.63, 3.8) is 0 Å². The van der Waals surface area contributed by atoms with Gasteiger partial charge >= 0.3 is 11.3 Å². The van der Waals surface area contributed by atoms with Crippen LogP contribution in [-0.4, -0.2) is 6.10 Å². The van der Waals surface area contributed by atoms with Gasteiger partial charge in [-0.15, -0.1) is 0 Å². The van der Waals surface area contributed by atoms with E-state index in [1.165, 1.54) is 68.1 Å². The molecule has 2 aliphatic carbocycles. The van der Waals surface area contributed by atoms with E-state index in [2.05, 4.69) is 69.0 Å². The topological polar surface area (TPSA) is 29.1 Å². The van der Waals surface area contributed by atoms with Crippen LogP contribution in [0.15, 0.2) is 48.5 Å². The Morgan fingerprint density at radius 1 is 0.636 bits per heavy atom. The van der Waals surface area contributed by atoms with Crippen molar-refractivity contribution in [1.29, 1.82) is 0 Å². The van der Waals surface area contributed by atoms with Gasteiger partial charge in [-0.3, -0.25) is 0 Å². The Kier molecular flexibility index (Phi) is 14.6. The molecule has 0 aromatic heterocycles. The summed E-state index contributed by atoms with van der Waals surface area (Å²) in [5, 5.41) is 0. The van der Waals surface area contributed by atoms with Gasteiger partial charge in [-0.2, -0.15) is 0 Å². The Hall–Kier alpha value is -2.02. The molecule has 0 unspecified atom stereocenters. The van der Waals surface area contributed by atoms with Crippen molar-refractivity contribution in [1.82, 2.24) is 0 Å². The average Bonchev–Trinajstić information content (AvgIpc) is 2.90. The van der Waals surface area contributed by atoms with Gasteiger partial charge in [0.25, 0.3) is 0 Å². The molecule has 0 radical (unpaired) electrons. The van der Waals surface area contributed by atoms with E-state index < -0.39 is 0 Å². The number of hydrogen-bond donors (Lipinski definition) is 0. The van der Waals surface area contributed by atoms with E-state index in [4.69, 9.17) is 9.39 Å². The Bertz CT molecular complexity index is 744. The first-order valence-electron chi connectivity index (χ1n) is 13.2. The van der Waals surface area contributed by atoms with Crippen LogP contribution in [0.5, 0.6) is 5.75 Å². The van der Waals surface area contributed by atoms with Crippen LogP contribution in [0.25, 0.3) is 11.1 Å². The van der Waals surface area contributed by atoms with Crippen LogP contribution < -0.4 is 4.74 Å². The van der Waals surface area contributed by atoms with Crippen molar-refractivity contribution >= 4 is 0 Å². The third kappa shape index (κ3) is 9.40. The molecule has 2 nitrogen and oxygen atoms in total. The van der Waals surface area contributed by atoms with Crippen molar-refractivity contribution < 1.29 is 9.39 Å². The predicted octanol–water partition coefficient (Wildman–Crippen LogP) is 9.44. The van der Waals surface area contributed by atoms with E-state index in [0.29, 0.717) is 6.10 Å². The van der Waals surface area contributed by atoms with E-state index >= 15 is 0 Å². The van der Waals surface area contributed by atoms with Crippen LogP contribution in [0, 0.1) is 31.3 Å². The van der Waals surface area contributed by atoms with Gasteiger partial charge in [-0.1, -0.05) is 89.4 Å².